The third kappa shape index (κ3) is 4.62. The minimum absolute atomic E-state index is 0.118. The van der Waals surface area contributed by atoms with E-state index in [2.05, 4.69) is 26.3 Å². The number of pyridine rings is 2. The van der Waals surface area contributed by atoms with Gasteiger partial charge in [0.05, 0.1) is 11.6 Å². The number of nitriles is 2. The van der Waals surface area contributed by atoms with Crippen molar-refractivity contribution in [3.63, 3.8) is 0 Å². The van der Waals surface area contributed by atoms with Crippen LogP contribution >= 0.6 is 11.6 Å². The van der Waals surface area contributed by atoms with E-state index in [9.17, 15) is 9.65 Å². The SMILES string of the molecule is Cc1nc(O[C@H]2C[C@](C)(F)C2)ccc1CN1CCc2c(NCC#N)nc(Cl)c(C#N)c2C1. The molecular weight excluding hydrogens is 431 g/mol. The van der Waals surface area contributed by atoms with Crippen LogP contribution in [0.4, 0.5) is 10.2 Å². The van der Waals surface area contributed by atoms with Gasteiger partial charge in [0.15, 0.2) is 0 Å². The fourth-order valence-corrected chi connectivity index (χ4v) is 4.60. The van der Waals surface area contributed by atoms with E-state index >= 15 is 0 Å². The molecule has 166 valence electrons. The Morgan fingerprint density at radius 2 is 2.09 bits per heavy atom. The monoisotopic (exact) mass is 454 g/mol. The average molecular weight is 455 g/mol. The molecule has 1 fully saturated rings. The molecule has 1 aliphatic heterocycles. The van der Waals surface area contributed by atoms with Crippen LogP contribution in [0.1, 0.15) is 47.7 Å². The van der Waals surface area contributed by atoms with Gasteiger partial charge < -0.3 is 10.1 Å². The van der Waals surface area contributed by atoms with E-state index in [1.807, 2.05) is 25.1 Å². The number of nitrogens with one attached hydrogen (secondary N) is 1. The lowest BCUT2D eigenvalue weighted by Crippen LogP contribution is -2.44. The van der Waals surface area contributed by atoms with Crippen LogP contribution in [0, 0.1) is 29.6 Å². The van der Waals surface area contributed by atoms with Crippen LogP contribution in [0.3, 0.4) is 0 Å². The van der Waals surface area contributed by atoms with E-state index in [0.29, 0.717) is 49.6 Å². The predicted molar refractivity (Wildman–Crippen MR) is 118 cm³/mol. The minimum atomic E-state index is -1.13. The highest BCUT2D eigenvalue weighted by atomic mass is 35.5. The highest BCUT2D eigenvalue weighted by Crippen LogP contribution is 2.38. The number of alkyl halides is 1. The van der Waals surface area contributed by atoms with E-state index in [0.717, 1.165) is 28.9 Å². The van der Waals surface area contributed by atoms with E-state index in [1.165, 1.54) is 0 Å². The molecular formula is C23H24ClFN6O. The van der Waals surface area contributed by atoms with Gasteiger partial charge in [0, 0.05) is 49.8 Å². The van der Waals surface area contributed by atoms with E-state index in [1.54, 1.807) is 6.92 Å². The van der Waals surface area contributed by atoms with Crippen LogP contribution in [-0.2, 0) is 19.5 Å². The third-order valence-electron chi connectivity index (χ3n) is 6.03. The maximum absolute atomic E-state index is 13.7. The summed E-state index contributed by atoms with van der Waals surface area (Å²) in [6.07, 6.45) is 1.37. The Morgan fingerprint density at radius 3 is 2.75 bits per heavy atom. The summed E-state index contributed by atoms with van der Waals surface area (Å²) in [6.45, 7) is 5.64. The van der Waals surface area contributed by atoms with Crippen molar-refractivity contribution in [2.75, 3.05) is 18.4 Å². The number of nitrogens with zero attached hydrogens (tertiary/aromatic N) is 5. The van der Waals surface area contributed by atoms with Crippen LogP contribution in [-0.4, -0.2) is 39.7 Å². The highest BCUT2D eigenvalue weighted by Gasteiger charge is 2.42. The number of hydrogen-bond acceptors (Lipinski definition) is 7. The number of anilines is 1. The predicted octanol–water partition coefficient (Wildman–Crippen LogP) is 4.07. The summed E-state index contributed by atoms with van der Waals surface area (Å²) in [7, 11) is 0. The summed E-state index contributed by atoms with van der Waals surface area (Å²) in [5.74, 6) is 1.10. The standard InChI is InChI=1S/C23H24ClFN6O/c1-14-15(3-4-20(29-14)32-16-9-23(2,25)10-16)12-31-8-5-17-19(13-31)18(11-27)21(24)30-22(17)28-7-6-26/h3-4,16H,5,7-10,12-13H2,1-2H3,(H,28,30)/t16-,23-. The van der Waals surface area contributed by atoms with Crippen molar-refractivity contribution in [2.45, 2.75) is 58.0 Å². The maximum atomic E-state index is 13.7. The fourth-order valence-electron chi connectivity index (χ4n) is 4.36. The summed E-state index contributed by atoms with van der Waals surface area (Å²) >= 11 is 6.25. The molecule has 0 saturated heterocycles. The van der Waals surface area contributed by atoms with Crippen molar-refractivity contribution in [1.29, 1.82) is 10.5 Å². The number of fused-ring (bicyclic) bond motifs is 1. The second-order valence-corrected chi connectivity index (χ2v) is 8.98. The first-order chi connectivity index (χ1) is 15.3. The van der Waals surface area contributed by atoms with Gasteiger partial charge in [-0.3, -0.25) is 4.90 Å². The average Bonchev–Trinajstić information content (AvgIpc) is 2.72. The normalized spacial score (nSPS) is 22.2. The Bertz CT molecular complexity index is 1110. The Kier molecular flexibility index (Phi) is 6.19. The van der Waals surface area contributed by atoms with Gasteiger partial charge in [0.2, 0.25) is 5.88 Å². The maximum Gasteiger partial charge on any atom is 0.213 e. The lowest BCUT2D eigenvalue weighted by atomic mass is 9.81. The molecule has 0 unspecified atom stereocenters. The van der Waals surface area contributed by atoms with Crippen molar-refractivity contribution in [2.24, 2.45) is 0 Å². The molecule has 1 saturated carbocycles. The van der Waals surface area contributed by atoms with Gasteiger partial charge in [-0.05, 0) is 31.4 Å². The molecule has 0 aromatic carbocycles. The molecule has 0 bridgehead atoms. The molecule has 0 amide bonds. The molecule has 9 heteroatoms. The molecule has 7 nitrogen and oxygen atoms in total. The summed E-state index contributed by atoms with van der Waals surface area (Å²) in [5.41, 5.74) is 2.97. The van der Waals surface area contributed by atoms with Gasteiger partial charge in [0.25, 0.3) is 0 Å². The molecule has 1 aliphatic carbocycles. The van der Waals surface area contributed by atoms with Crippen molar-refractivity contribution in [3.8, 4) is 18.0 Å². The van der Waals surface area contributed by atoms with Gasteiger partial charge in [-0.1, -0.05) is 17.7 Å². The van der Waals surface area contributed by atoms with Gasteiger partial charge in [-0.15, -0.1) is 0 Å². The summed E-state index contributed by atoms with van der Waals surface area (Å²) in [5, 5.41) is 21.6. The first-order valence-corrected chi connectivity index (χ1v) is 10.9. The number of aromatic nitrogens is 2. The van der Waals surface area contributed by atoms with Crippen molar-refractivity contribution < 1.29 is 9.13 Å². The van der Waals surface area contributed by atoms with Gasteiger partial charge in [-0.2, -0.15) is 10.5 Å². The Labute approximate surface area is 191 Å². The topological polar surface area (TPSA) is 97.9 Å². The third-order valence-corrected chi connectivity index (χ3v) is 6.31. The number of hydrogen-bond donors (Lipinski definition) is 1. The molecule has 3 heterocycles. The van der Waals surface area contributed by atoms with E-state index in [-0.39, 0.29) is 17.8 Å². The second kappa shape index (κ2) is 8.90. The van der Waals surface area contributed by atoms with Crippen LogP contribution < -0.4 is 10.1 Å². The molecule has 0 atom stereocenters. The molecule has 1 N–H and O–H groups in total. The number of ether oxygens (including phenoxy) is 1. The van der Waals surface area contributed by atoms with Crippen molar-refractivity contribution >= 4 is 17.4 Å². The van der Waals surface area contributed by atoms with Crippen molar-refractivity contribution in [3.05, 3.63) is 45.2 Å². The van der Waals surface area contributed by atoms with Crippen LogP contribution in [0.25, 0.3) is 0 Å². The first-order valence-electron chi connectivity index (χ1n) is 10.6. The Balaban J connectivity index is 1.48. The van der Waals surface area contributed by atoms with Gasteiger partial charge in [0.1, 0.15) is 35.4 Å². The molecule has 2 aromatic heterocycles. The number of halogens is 2. The molecule has 2 aromatic rings. The molecule has 2 aliphatic rings. The fraction of sp³-hybridized carbons (Fsp3) is 0.478. The zero-order chi connectivity index (χ0) is 22.9. The van der Waals surface area contributed by atoms with Crippen LogP contribution in [0.5, 0.6) is 5.88 Å². The van der Waals surface area contributed by atoms with Crippen LogP contribution in [0.2, 0.25) is 5.15 Å². The van der Waals surface area contributed by atoms with Crippen LogP contribution in [0.15, 0.2) is 12.1 Å². The quantitative estimate of drug-likeness (QED) is 0.518. The first kappa shape index (κ1) is 22.3. The zero-order valence-electron chi connectivity index (χ0n) is 18.1. The van der Waals surface area contributed by atoms with E-state index < -0.39 is 5.67 Å². The number of rotatable bonds is 6. The second-order valence-electron chi connectivity index (χ2n) is 8.62. The van der Waals surface area contributed by atoms with E-state index in [4.69, 9.17) is 21.6 Å². The largest absolute Gasteiger partial charge is 0.474 e. The Morgan fingerprint density at radius 1 is 1.31 bits per heavy atom. The zero-order valence-corrected chi connectivity index (χ0v) is 18.8. The summed E-state index contributed by atoms with van der Waals surface area (Å²) < 4.78 is 19.5. The summed E-state index contributed by atoms with van der Waals surface area (Å²) in [4.78, 5) is 11.1. The molecule has 0 radical (unpaired) electrons. The highest BCUT2D eigenvalue weighted by molar-refractivity contribution is 6.30. The smallest absolute Gasteiger partial charge is 0.213 e. The molecule has 0 spiro atoms. The van der Waals surface area contributed by atoms with Crippen molar-refractivity contribution in [1.82, 2.24) is 14.9 Å². The van der Waals surface area contributed by atoms with Gasteiger partial charge in [-0.25, -0.2) is 14.4 Å². The number of aryl methyl sites for hydroxylation is 1. The lowest BCUT2D eigenvalue weighted by Gasteiger charge is -2.38. The lowest BCUT2D eigenvalue weighted by molar-refractivity contribution is -0.0312. The van der Waals surface area contributed by atoms with Gasteiger partial charge >= 0.3 is 0 Å². The summed E-state index contributed by atoms with van der Waals surface area (Å²) in [6, 6.07) is 8.04. The molecule has 32 heavy (non-hydrogen) atoms. The Hall–Kier alpha value is -2.94. The minimum Gasteiger partial charge on any atom is -0.474 e. The molecule has 4 rings (SSSR count).